The Morgan fingerprint density at radius 1 is 0.763 bits per heavy atom. The molecule has 4 fully saturated rings. The lowest BCUT2D eigenvalue weighted by molar-refractivity contribution is -0.118. The van der Waals surface area contributed by atoms with E-state index in [-0.39, 0.29) is 12.5 Å². The van der Waals surface area contributed by atoms with Gasteiger partial charge in [0, 0.05) is 12.1 Å². The average Bonchev–Trinajstić information content (AvgIpc) is 2.92. The number of benzene rings is 3. The van der Waals surface area contributed by atoms with Crippen molar-refractivity contribution in [2.75, 3.05) is 5.32 Å². The minimum Gasteiger partial charge on any atom is -0.445 e. The van der Waals surface area contributed by atoms with Crippen molar-refractivity contribution in [3.63, 3.8) is 0 Å². The van der Waals surface area contributed by atoms with Gasteiger partial charge in [0.2, 0.25) is 5.91 Å². The van der Waals surface area contributed by atoms with Crippen molar-refractivity contribution in [1.29, 1.82) is 0 Å². The van der Waals surface area contributed by atoms with Gasteiger partial charge in [-0.2, -0.15) is 0 Å². The lowest BCUT2D eigenvalue weighted by Gasteiger charge is -2.57. The highest BCUT2D eigenvalue weighted by molar-refractivity contribution is 5.96. The highest BCUT2D eigenvalue weighted by atomic mass is 16.5. The predicted molar refractivity (Wildman–Crippen MR) is 149 cm³/mol. The zero-order valence-corrected chi connectivity index (χ0v) is 21.8. The van der Waals surface area contributed by atoms with E-state index in [0.717, 1.165) is 34.6 Å². The third-order valence-electron chi connectivity index (χ3n) is 8.91. The van der Waals surface area contributed by atoms with Gasteiger partial charge in [-0.25, -0.2) is 4.79 Å². The minimum absolute atomic E-state index is 0.151. The Balaban J connectivity index is 1.12. The molecule has 0 spiro atoms. The molecule has 0 unspecified atom stereocenters. The van der Waals surface area contributed by atoms with Crippen molar-refractivity contribution in [3.8, 4) is 0 Å². The van der Waals surface area contributed by atoms with Gasteiger partial charge in [0.1, 0.15) is 12.6 Å². The number of carbonyl (C=O) groups excluding carboxylic acids is 2. The average molecular weight is 509 g/mol. The highest BCUT2D eigenvalue weighted by Crippen LogP contribution is 2.60. The number of amides is 2. The van der Waals surface area contributed by atoms with E-state index in [1.807, 2.05) is 72.8 Å². The normalized spacial score (nSPS) is 25.9. The summed E-state index contributed by atoms with van der Waals surface area (Å²) < 4.78 is 5.40. The van der Waals surface area contributed by atoms with Crippen LogP contribution in [0.1, 0.15) is 55.2 Å². The number of nitrogens with one attached hydrogen (secondary N) is 2. The number of rotatable bonds is 8. The standard InChI is InChI=1S/C33H36N2O3/c36-31(30(18-23-7-3-1-4-8-23)35-32(37)38-22-24-9-5-2-6-10-24)34-29-13-11-28(12-14-29)33-19-25-15-26(20-33)17-27(16-25)21-33/h1-14,25-27,30H,15-22H2,(H,34,36)(H,35,37)/t25?,26?,27?,30-,33?/m0/s1. The fraction of sp³-hybridized carbons (Fsp3) is 0.394. The second-order valence-electron chi connectivity index (χ2n) is 11.7. The van der Waals surface area contributed by atoms with Crippen LogP contribution in [0.25, 0.3) is 0 Å². The maximum atomic E-state index is 13.4. The largest absolute Gasteiger partial charge is 0.445 e. The van der Waals surface area contributed by atoms with Crippen LogP contribution >= 0.6 is 0 Å². The van der Waals surface area contributed by atoms with E-state index in [9.17, 15) is 9.59 Å². The first kappa shape index (κ1) is 24.7. The zero-order valence-electron chi connectivity index (χ0n) is 21.8. The first-order valence-corrected chi connectivity index (χ1v) is 14.0. The van der Waals surface area contributed by atoms with Crippen molar-refractivity contribution in [2.24, 2.45) is 17.8 Å². The summed E-state index contributed by atoms with van der Waals surface area (Å²) in [6, 6.07) is 27.0. The molecule has 0 aromatic heterocycles. The molecule has 2 amide bonds. The zero-order chi connectivity index (χ0) is 26.0. The maximum Gasteiger partial charge on any atom is 0.408 e. The van der Waals surface area contributed by atoms with Crippen LogP contribution in [0.2, 0.25) is 0 Å². The summed E-state index contributed by atoms with van der Waals surface area (Å²) in [5.41, 5.74) is 4.37. The molecule has 4 aliphatic rings. The fourth-order valence-electron chi connectivity index (χ4n) is 7.57. The minimum atomic E-state index is -0.761. The Morgan fingerprint density at radius 3 is 1.89 bits per heavy atom. The number of alkyl carbamates (subject to hydrolysis) is 1. The van der Waals surface area contributed by atoms with Gasteiger partial charge in [0.05, 0.1) is 0 Å². The third-order valence-corrected chi connectivity index (χ3v) is 8.91. The Hall–Kier alpha value is -3.60. The molecule has 0 aliphatic heterocycles. The van der Waals surface area contributed by atoms with E-state index in [1.54, 1.807) is 0 Å². The SMILES string of the molecule is O=C(N[C@@H](Cc1ccccc1)C(=O)Nc1ccc(C23CC4CC(CC(C4)C2)C3)cc1)OCc1ccccc1. The molecule has 38 heavy (non-hydrogen) atoms. The summed E-state index contributed by atoms with van der Waals surface area (Å²) in [5, 5.41) is 5.82. The molecule has 5 heteroatoms. The molecule has 2 N–H and O–H groups in total. The molecule has 0 saturated heterocycles. The van der Waals surface area contributed by atoms with Crippen LogP contribution in [0.3, 0.4) is 0 Å². The summed E-state index contributed by atoms with van der Waals surface area (Å²) in [6.45, 7) is 0.151. The molecule has 0 heterocycles. The molecule has 4 bridgehead atoms. The molecule has 3 aromatic carbocycles. The summed E-state index contributed by atoms with van der Waals surface area (Å²) in [4.78, 5) is 26.0. The van der Waals surface area contributed by atoms with Crippen LogP contribution in [0.15, 0.2) is 84.9 Å². The van der Waals surface area contributed by atoms with Crippen LogP contribution < -0.4 is 10.6 Å². The molecular formula is C33H36N2O3. The van der Waals surface area contributed by atoms with Crippen molar-refractivity contribution in [1.82, 2.24) is 5.32 Å². The fourth-order valence-corrected chi connectivity index (χ4v) is 7.57. The second-order valence-corrected chi connectivity index (χ2v) is 11.7. The van der Waals surface area contributed by atoms with Crippen LogP contribution in [-0.4, -0.2) is 18.0 Å². The van der Waals surface area contributed by atoms with Crippen molar-refractivity contribution in [2.45, 2.75) is 63.0 Å². The summed E-state index contributed by atoms with van der Waals surface area (Å²) in [5.74, 6) is 2.43. The van der Waals surface area contributed by atoms with Crippen molar-refractivity contribution >= 4 is 17.7 Å². The molecule has 4 aliphatic carbocycles. The Kier molecular flexibility index (Phi) is 6.92. The molecule has 7 rings (SSSR count). The van der Waals surface area contributed by atoms with E-state index in [4.69, 9.17) is 4.74 Å². The van der Waals surface area contributed by atoms with Gasteiger partial charge < -0.3 is 15.4 Å². The van der Waals surface area contributed by atoms with E-state index in [0.29, 0.717) is 11.8 Å². The van der Waals surface area contributed by atoms with E-state index in [2.05, 4.69) is 22.8 Å². The molecule has 5 nitrogen and oxygen atoms in total. The van der Waals surface area contributed by atoms with Gasteiger partial charge in [-0.05, 0) is 90.5 Å². The molecular weight excluding hydrogens is 472 g/mol. The number of anilines is 1. The molecule has 4 saturated carbocycles. The van der Waals surface area contributed by atoms with E-state index in [1.165, 1.54) is 44.1 Å². The van der Waals surface area contributed by atoms with Crippen molar-refractivity contribution < 1.29 is 14.3 Å². The summed E-state index contributed by atoms with van der Waals surface area (Å²) >= 11 is 0. The van der Waals surface area contributed by atoms with Gasteiger partial charge in [-0.1, -0.05) is 72.8 Å². The highest BCUT2D eigenvalue weighted by Gasteiger charge is 2.51. The molecule has 3 aromatic rings. The Labute approximate surface area is 225 Å². The van der Waals surface area contributed by atoms with Gasteiger partial charge in [0.15, 0.2) is 0 Å². The molecule has 0 radical (unpaired) electrons. The second kappa shape index (κ2) is 10.6. The summed E-state index contributed by atoms with van der Waals surface area (Å²) in [6.07, 6.45) is 8.00. The maximum absolute atomic E-state index is 13.4. The number of hydrogen-bond acceptors (Lipinski definition) is 3. The van der Waals surface area contributed by atoms with Gasteiger partial charge >= 0.3 is 6.09 Å². The predicted octanol–water partition coefficient (Wildman–Crippen LogP) is 6.63. The van der Waals surface area contributed by atoms with E-state index < -0.39 is 12.1 Å². The lowest BCUT2D eigenvalue weighted by atomic mass is 9.48. The van der Waals surface area contributed by atoms with Crippen LogP contribution in [0.4, 0.5) is 10.5 Å². The Bertz CT molecular complexity index is 1220. The number of ether oxygens (including phenoxy) is 1. The smallest absolute Gasteiger partial charge is 0.408 e. The Morgan fingerprint density at radius 2 is 1.32 bits per heavy atom. The lowest BCUT2D eigenvalue weighted by Crippen LogP contribution is -2.48. The van der Waals surface area contributed by atoms with Crippen LogP contribution in [-0.2, 0) is 28.0 Å². The van der Waals surface area contributed by atoms with Gasteiger partial charge in [0.25, 0.3) is 0 Å². The van der Waals surface area contributed by atoms with Gasteiger partial charge in [-0.3, -0.25) is 4.79 Å². The quantitative estimate of drug-likeness (QED) is 0.359. The van der Waals surface area contributed by atoms with Gasteiger partial charge in [-0.15, -0.1) is 0 Å². The topological polar surface area (TPSA) is 67.4 Å². The monoisotopic (exact) mass is 508 g/mol. The summed E-state index contributed by atoms with van der Waals surface area (Å²) in [7, 11) is 0. The van der Waals surface area contributed by atoms with Crippen molar-refractivity contribution in [3.05, 3.63) is 102 Å². The van der Waals surface area contributed by atoms with Crippen LogP contribution in [0.5, 0.6) is 0 Å². The third kappa shape index (κ3) is 5.47. The van der Waals surface area contributed by atoms with E-state index >= 15 is 0 Å². The number of carbonyl (C=O) groups is 2. The van der Waals surface area contributed by atoms with Crippen LogP contribution in [0, 0.1) is 17.8 Å². The number of hydrogen-bond donors (Lipinski definition) is 2. The molecule has 196 valence electrons. The first-order chi connectivity index (χ1) is 18.5. The first-order valence-electron chi connectivity index (χ1n) is 14.0. The molecule has 1 atom stereocenters.